The zero-order chi connectivity index (χ0) is 15.6. The zero-order valence-electron chi connectivity index (χ0n) is 11.3. The summed E-state index contributed by atoms with van der Waals surface area (Å²) in [6.45, 7) is 0. The highest BCUT2D eigenvalue weighted by Gasteiger charge is 2.43. The Balaban J connectivity index is 2.01. The fourth-order valence-electron chi connectivity index (χ4n) is 2.95. The second kappa shape index (κ2) is 6.53. The van der Waals surface area contributed by atoms with Crippen LogP contribution in [0.15, 0.2) is 18.2 Å². The van der Waals surface area contributed by atoms with Gasteiger partial charge in [0.25, 0.3) is 0 Å². The van der Waals surface area contributed by atoms with E-state index >= 15 is 0 Å². The monoisotopic (exact) mass is 324 g/mol. The normalized spacial score (nSPS) is 24.9. The zero-order valence-corrected chi connectivity index (χ0v) is 12.1. The Morgan fingerprint density at radius 2 is 2.00 bits per heavy atom. The van der Waals surface area contributed by atoms with Crippen LogP contribution in [0.25, 0.3) is 0 Å². The first-order valence-corrected chi connectivity index (χ1v) is 7.34. The van der Waals surface area contributed by atoms with Gasteiger partial charge in [-0.15, -0.1) is 0 Å². The molecule has 1 aliphatic carbocycles. The van der Waals surface area contributed by atoms with Crippen LogP contribution in [0, 0.1) is 17.7 Å². The minimum absolute atomic E-state index is 0.0521. The molecule has 1 N–H and O–H groups in total. The van der Waals surface area contributed by atoms with Crippen LogP contribution >= 0.6 is 11.6 Å². The lowest BCUT2D eigenvalue weighted by atomic mass is 9.77. The Morgan fingerprint density at radius 3 is 2.62 bits per heavy atom. The maximum atomic E-state index is 13.0. The summed E-state index contributed by atoms with van der Waals surface area (Å²) in [4.78, 5) is 0. The van der Waals surface area contributed by atoms with Gasteiger partial charge in [-0.1, -0.05) is 24.1 Å². The quantitative estimate of drug-likeness (QED) is 0.795. The number of halogens is 5. The van der Waals surface area contributed by atoms with Gasteiger partial charge >= 0.3 is 6.18 Å². The van der Waals surface area contributed by atoms with Crippen LogP contribution in [0.2, 0.25) is 5.02 Å². The van der Waals surface area contributed by atoms with E-state index in [4.69, 9.17) is 11.6 Å². The van der Waals surface area contributed by atoms with E-state index in [2.05, 4.69) is 0 Å². The van der Waals surface area contributed by atoms with Crippen molar-refractivity contribution in [3.8, 4) is 0 Å². The summed E-state index contributed by atoms with van der Waals surface area (Å²) < 4.78 is 51.3. The molecule has 0 heterocycles. The van der Waals surface area contributed by atoms with Gasteiger partial charge in [-0.3, -0.25) is 0 Å². The van der Waals surface area contributed by atoms with Crippen molar-refractivity contribution in [1.29, 1.82) is 0 Å². The van der Waals surface area contributed by atoms with E-state index in [9.17, 15) is 22.7 Å². The SMILES string of the molecule is OC(Cc1ccc(F)cc1Cl)C1CCCC(C(F)(F)F)C1. The van der Waals surface area contributed by atoms with Gasteiger partial charge in [0.15, 0.2) is 0 Å². The summed E-state index contributed by atoms with van der Waals surface area (Å²) in [5.41, 5.74) is 0.555. The highest BCUT2D eigenvalue weighted by atomic mass is 35.5. The molecule has 2 rings (SSSR count). The van der Waals surface area contributed by atoms with Crippen LogP contribution in [0.4, 0.5) is 17.6 Å². The molecule has 1 aliphatic rings. The lowest BCUT2D eigenvalue weighted by Gasteiger charge is -2.33. The summed E-state index contributed by atoms with van der Waals surface area (Å²) in [5, 5.41) is 10.4. The summed E-state index contributed by atoms with van der Waals surface area (Å²) in [6.07, 6.45) is -3.83. The number of rotatable bonds is 3. The van der Waals surface area contributed by atoms with Crippen molar-refractivity contribution in [3.63, 3.8) is 0 Å². The van der Waals surface area contributed by atoms with Gasteiger partial charge < -0.3 is 5.11 Å². The van der Waals surface area contributed by atoms with Crippen molar-refractivity contribution < 1.29 is 22.7 Å². The van der Waals surface area contributed by atoms with Crippen molar-refractivity contribution in [2.45, 2.75) is 44.4 Å². The molecule has 0 amide bonds. The number of hydrogen-bond donors (Lipinski definition) is 1. The van der Waals surface area contributed by atoms with Gasteiger partial charge in [-0.25, -0.2) is 4.39 Å². The number of aliphatic hydroxyl groups excluding tert-OH is 1. The smallest absolute Gasteiger partial charge is 0.391 e. The van der Waals surface area contributed by atoms with E-state index in [-0.39, 0.29) is 24.3 Å². The maximum Gasteiger partial charge on any atom is 0.391 e. The average molecular weight is 325 g/mol. The largest absolute Gasteiger partial charge is 0.392 e. The van der Waals surface area contributed by atoms with Gasteiger partial charge in [-0.05, 0) is 42.9 Å². The minimum Gasteiger partial charge on any atom is -0.392 e. The second-order valence-corrected chi connectivity index (χ2v) is 6.08. The molecule has 6 heteroatoms. The van der Waals surface area contributed by atoms with Crippen molar-refractivity contribution in [2.75, 3.05) is 0 Å². The number of benzene rings is 1. The van der Waals surface area contributed by atoms with Gasteiger partial charge in [-0.2, -0.15) is 13.2 Å². The first kappa shape index (κ1) is 16.6. The summed E-state index contributed by atoms with van der Waals surface area (Å²) in [7, 11) is 0. The first-order chi connectivity index (χ1) is 9.77. The fourth-order valence-corrected chi connectivity index (χ4v) is 3.20. The van der Waals surface area contributed by atoms with Crippen LogP contribution < -0.4 is 0 Å². The molecule has 0 saturated heterocycles. The second-order valence-electron chi connectivity index (χ2n) is 5.67. The van der Waals surface area contributed by atoms with Crippen LogP contribution in [0.3, 0.4) is 0 Å². The molecule has 3 atom stereocenters. The molecule has 0 aromatic heterocycles. The Bertz CT molecular complexity index is 489. The molecule has 21 heavy (non-hydrogen) atoms. The molecule has 0 bridgehead atoms. The van der Waals surface area contributed by atoms with Gasteiger partial charge in [0.1, 0.15) is 5.82 Å². The molecule has 3 unspecified atom stereocenters. The molecule has 1 nitrogen and oxygen atoms in total. The standard InChI is InChI=1S/C15H17ClF4O/c16-13-8-12(17)5-4-9(13)7-14(21)10-2-1-3-11(6-10)15(18,19)20/h4-5,8,10-11,14,21H,1-3,6-7H2. The predicted molar refractivity (Wildman–Crippen MR) is 72.6 cm³/mol. The molecule has 1 fully saturated rings. The molecule has 0 spiro atoms. The van der Waals surface area contributed by atoms with E-state index in [0.29, 0.717) is 18.4 Å². The minimum atomic E-state index is -4.20. The molecule has 1 aromatic carbocycles. The van der Waals surface area contributed by atoms with Gasteiger partial charge in [0.2, 0.25) is 0 Å². The molecule has 0 radical (unpaired) electrons. The third-order valence-electron chi connectivity index (χ3n) is 4.17. The Hall–Kier alpha value is -0.810. The fraction of sp³-hybridized carbons (Fsp3) is 0.600. The van der Waals surface area contributed by atoms with Crippen LogP contribution in [-0.4, -0.2) is 17.4 Å². The van der Waals surface area contributed by atoms with E-state index in [1.165, 1.54) is 12.1 Å². The number of hydrogen-bond acceptors (Lipinski definition) is 1. The molecular weight excluding hydrogens is 308 g/mol. The van der Waals surface area contributed by atoms with Crippen molar-refractivity contribution >= 4 is 11.6 Å². The summed E-state index contributed by atoms with van der Waals surface area (Å²) in [6, 6.07) is 3.83. The Kier molecular flexibility index (Phi) is 5.15. The topological polar surface area (TPSA) is 20.2 Å². The van der Waals surface area contributed by atoms with E-state index < -0.39 is 29.9 Å². The van der Waals surface area contributed by atoms with E-state index in [0.717, 1.165) is 6.07 Å². The molecular formula is C15H17ClF4O. The Labute approximate surface area is 125 Å². The van der Waals surface area contributed by atoms with Crippen molar-refractivity contribution in [2.24, 2.45) is 11.8 Å². The highest BCUT2D eigenvalue weighted by molar-refractivity contribution is 6.31. The third-order valence-corrected chi connectivity index (χ3v) is 4.52. The molecule has 1 aromatic rings. The molecule has 118 valence electrons. The third kappa shape index (κ3) is 4.33. The maximum absolute atomic E-state index is 13.0. The van der Waals surface area contributed by atoms with E-state index in [1.54, 1.807) is 0 Å². The first-order valence-electron chi connectivity index (χ1n) is 6.96. The van der Waals surface area contributed by atoms with Gasteiger partial charge in [0, 0.05) is 11.4 Å². The molecule has 0 aliphatic heterocycles. The predicted octanol–water partition coefficient (Wildman–Crippen LogP) is 4.75. The lowest BCUT2D eigenvalue weighted by molar-refractivity contribution is -0.188. The summed E-state index contributed by atoms with van der Waals surface area (Å²) >= 11 is 5.88. The highest BCUT2D eigenvalue weighted by Crippen LogP contribution is 2.41. The summed E-state index contributed by atoms with van der Waals surface area (Å²) in [5.74, 6) is -2.21. The van der Waals surface area contributed by atoms with E-state index in [1.807, 2.05) is 0 Å². The van der Waals surface area contributed by atoms with Crippen LogP contribution in [-0.2, 0) is 6.42 Å². The molecule has 1 saturated carbocycles. The number of alkyl halides is 3. The lowest BCUT2D eigenvalue weighted by Crippen LogP contribution is -2.34. The van der Waals surface area contributed by atoms with Crippen LogP contribution in [0.5, 0.6) is 0 Å². The number of aliphatic hydroxyl groups is 1. The van der Waals surface area contributed by atoms with Crippen LogP contribution in [0.1, 0.15) is 31.2 Å². The average Bonchev–Trinajstić information content (AvgIpc) is 2.41. The van der Waals surface area contributed by atoms with Crippen molar-refractivity contribution in [1.82, 2.24) is 0 Å². The van der Waals surface area contributed by atoms with Gasteiger partial charge in [0.05, 0.1) is 12.0 Å². The Morgan fingerprint density at radius 1 is 1.29 bits per heavy atom. The van der Waals surface area contributed by atoms with Crippen molar-refractivity contribution in [3.05, 3.63) is 34.6 Å².